The summed E-state index contributed by atoms with van der Waals surface area (Å²) in [5, 5.41) is 6.43. The summed E-state index contributed by atoms with van der Waals surface area (Å²) in [6, 6.07) is 9.13. The Bertz CT molecular complexity index is 1280. The zero-order valence-corrected chi connectivity index (χ0v) is 21.9. The summed E-state index contributed by atoms with van der Waals surface area (Å²) in [6.07, 6.45) is 6.56. The van der Waals surface area contributed by atoms with Crippen molar-refractivity contribution in [3.05, 3.63) is 60.3 Å². The lowest BCUT2D eigenvalue weighted by atomic mass is 9.91. The SMILES string of the molecule is C=CC(=O)N1CCCC(NC(=O)[C@@H]2Sc3nccc4c3C2NC(=O)N4c2cccc(C3CCOCC3)c2)C1. The Kier molecular flexibility index (Phi) is 6.84. The quantitative estimate of drug-likeness (QED) is 0.569. The van der Waals surface area contributed by atoms with Crippen molar-refractivity contribution >= 4 is 41.0 Å². The summed E-state index contributed by atoms with van der Waals surface area (Å²) >= 11 is 1.38. The molecule has 2 fully saturated rings. The molecule has 3 atom stereocenters. The fourth-order valence-electron chi connectivity index (χ4n) is 5.94. The third kappa shape index (κ3) is 4.56. The molecule has 1 aromatic heterocycles. The molecule has 0 saturated carbocycles. The molecule has 5 heterocycles. The number of pyridine rings is 1. The van der Waals surface area contributed by atoms with E-state index < -0.39 is 11.3 Å². The second-order valence-corrected chi connectivity index (χ2v) is 11.3. The monoisotopic (exact) mass is 533 g/mol. The number of thioether (sulfide) groups is 1. The summed E-state index contributed by atoms with van der Waals surface area (Å²) in [7, 11) is 0. The number of benzene rings is 1. The van der Waals surface area contributed by atoms with E-state index in [2.05, 4.69) is 34.3 Å². The molecule has 4 aliphatic heterocycles. The highest BCUT2D eigenvalue weighted by Gasteiger charge is 2.47. The van der Waals surface area contributed by atoms with Crippen LogP contribution in [-0.4, -0.2) is 65.3 Å². The molecular weight excluding hydrogens is 502 g/mol. The molecule has 2 unspecified atom stereocenters. The minimum absolute atomic E-state index is 0.124. The number of carbonyl (C=O) groups is 3. The molecule has 2 saturated heterocycles. The van der Waals surface area contributed by atoms with Crippen molar-refractivity contribution in [1.29, 1.82) is 0 Å². The molecular formula is C28H31N5O4S. The second-order valence-electron chi connectivity index (χ2n) is 10.2. The van der Waals surface area contributed by atoms with Crippen LogP contribution in [0.25, 0.3) is 0 Å². The van der Waals surface area contributed by atoms with E-state index in [1.165, 1.54) is 23.4 Å². The number of ether oxygens (including phenoxy) is 1. The number of urea groups is 1. The number of likely N-dealkylation sites (tertiary alicyclic amines) is 1. The minimum Gasteiger partial charge on any atom is -0.381 e. The zero-order chi connectivity index (χ0) is 26.2. The summed E-state index contributed by atoms with van der Waals surface area (Å²) in [4.78, 5) is 47.0. The summed E-state index contributed by atoms with van der Waals surface area (Å²) < 4.78 is 5.52. The molecule has 9 nitrogen and oxygen atoms in total. The Hall–Kier alpha value is -3.37. The fourth-order valence-corrected chi connectivity index (χ4v) is 7.17. The van der Waals surface area contributed by atoms with Gasteiger partial charge in [0.2, 0.25) is 11.8 Å². The van der Waals surface area contributed by atoms with Crippen LogP contribution < -0.4 is 15.5 Å². The Morgan fingerprint density at radius 1 is 1.21 bits per heavy atom. The van der Waals surface area contributed by atoms with E-state index in [9.17, 15) is 14.4 Å². The third-order valence-electron chi connectivity index (χ3n) is 7.84. The molecule has 1 aromatic carbocycles. The largest absolute Gasteiger partial charge is 0.381 e. The lowest BCUT2D eigenvalue weighted by molar-refractivity contribution is -0.129. The second kappa shape index (κ2) is 10.4. The van der Waals surface area contributed by atoms with Crippen LogP contribution in [0.3, 0.4) is 0 Å². The van der Waals surface area contributed by atoms with Gasteiger partial charge in [-0.3, -0.25) is 14.5 Å². The molecule has 0 bridgehead atoms. The first kappa shape index (κ1) is 24.9. The summed E-state index contributed by atoms with van der Waals surface area (Å²) in [5.41, 5.74) is 3.64. The maximum absolute atomic E-state index is 13.5. The number of piperidine rings is 1. The molecule has 10 heteroatoms. The van der Waals surface area contributed by atoms with Gasteiger partial charge in [0, 0.05) is 44.1 Å². The highest BCUT2D eigenvalue weighted by molar-refractivity contribution is 8.01. The molecule has 4 aliphatic rings. The lowest BCUT2D eigenvalue weighted by Crippen LogP contribution is -2.53. The van der Waals surface area contributed by atoms with Gasteiger partial charge in [-0.2, -0.15) is 0 Å². The average Bonchev–Trinajstić information content (AvgIpc) is 3.33. The first-order chi connectivity index (χ1) is 18.5. The van der Waals surface area contributed by atoms with Gasteiger partial charge in [0.1, 0.15) is 10.3 Å². The number of hydrogen-bond acceptors (Lipinski definition) is 6. The van der Waals surface area contributed by atoms with Gasteiger partial charge in [0.15, 0.2) is 0 Å². The standard InChI is InChI=1S/C28H31N5O4S/c1-2-22(34)32-12-4-6-19(16-32)30-26(35)25-24-23-21(8-11-29-27(23)38-25)33(28(36)31-24)20-7-3-5-18(15-20)17-9-13-37-14-10-17/h2-3,5,7-8,11,15,17,19,24-25H,1,4,6,9-10,12-14,16H2,(H,30,35)(H,31,36)/t19?,24?,25-/m1/s1. The maximum Gasteiger partial charge on any atom is 0.327 e. The van der Waals surface area contributed by atoms with Crippen molar-refractivity contribution in [2.24, 2.45) is 0 Å². The van der Waals surface area contributed by atoms with Crippen LogP contribution >= 0.6 is 11.8 Å². The molecule has 6 rings (SSSR count). The van der Waals surface area contributed by atoms with Crippen LogP contribution in [0.15, 0.2) is 54.2 Å². The Balaban J connectivity index is 1.23. The fraction of sp³-hybridized carbons (Fsp3) is 0.429. The predicted molar refractivity (Wildman–Crippen MR) is 144 cm³/mol. The topological polar surface area (TPSA) is 104 Å². The van der Waals surface area contributed by atoms with E-state index in [0.717, 1.165) is 60.9 Å². The van der Waals surface area contributed by atoms with E-state index in [-0.39, 0.29) is 23.9 Å². The molecule has 0 spiro atoms. The van der Waals surface area contributed by atoms with Gasteiger partial charge in [-0.1, -0.05) is 30.5 Å². The van der Waals surface area contributed by atoms with Crippen LogP contribution in [-0.2, 0) is 14.3 Å². The number of rotatable bonds is 5. The Morgan fingerprint density at radius 2 is 2.05 bits per heavy atom. The van der Waals surface area contributed by atoms with E-state index in [0.29, 0.717) is 19.0 Å². The highest BCUT2D eigenvalue weighted by Crippen LogP contribution is 2.50. The van der Waals surface area contributed by atoms with Gasteiger partial charge < -0.3 is 20.3 Å². The van der Waals surface area contributed by atoms with E-state index >= 15 is 0 Å². The maximum atomic E-state index is 13.5. The summed E-state index contributed by atoms with van der Waals surface area (Å²) in [5.74, 6) is 0.131. The molecule has 2 N–H and O–H groups in total. The Labute approximate surface area is 226 Å². The van der Waals surface area contributed by atoms with E-state index in [1.54, 1.807) is 16.0 Å². The molecule has 0 aliphatic carbocycles. The van der Waals surface area contributed by atoms with Crippen molar-refractivity contribution in [2.75, 3.05) is 31.2 Å². The van der Waals surface area contributed by atoms with Crippen molar-refractivity contribution in [1.82, 2.24) is 20.5 Å². The highest BCUT2D eigenvalue weighted by atomic mass is 32.2. The van der Waals surface area contributed by atoms with Crippen LogP contribution in [0.2, 0.25) is 0 Å². The van der Waals surface area contributed by atoms with Crippen LogP contribution in [0, 0.1) is 0 Å². The molecule has 2 aromatic rings. The third-order valence-corrected chi connectivity index (χ3v) is 9.13. The van der Waals surface area contributed by atoms with Gasteiger partial charge >= 0.3 is 6.03 Å². The van der Waals surface area contributed by atoms with E-state index in [1.807, 2.05) is 18.2 Å². The number of amides is 4. The lowest BCUT2D eigenvalue weighted by Gasteiger charge is -2.36. The normalized spacial score (nSPS) is 24.9. The van der Waals surface area contributed by atoms with Crippen molar-refractivity contribution < 1.29 is 19.1 Å². The van der Waals surface area contributed by atoms with Crippen LogP contribution in [0.1, 0.15) is 48.8 Å². The first-order valence-corrected chi connectivity index (χ1v) is 14.1. The van der Waals surface area contributed by atoms with Gasteiger partial charge in [-0.25, -0.2) is 9.78 Å². The van der Waals surface area contributed by atoms with Crippen LogP contribution in [0.4, 0.5) is 16.2 Å². The van der Waals surface area contributed by atoms with Gasteiger partial charge in [-0.05, 0) is 61.4 Å². The number of anilines is 2. The summed E-state index contributed by atoms with van der Waals surface area (Å²) in [6.45, 7) is 6.20. The number of nitrogens with one attached hydrogen (secondary N) is 2. The van der Waals surface area contributed by atoms with Crippen molar-refractivity contribution in [2.45, 2.75) is 54.0 Å². The van der Waals surface area contributed by atoms with Gasteiger partial charge in [-0.15, -0.1) is 0 Å². The average molecular weight is 534 g/mol. The molecule has 198 valence electrons. The molecule has 4 amide bonds. The van der Waals surface area contributed by atoms with Crippen molar-refractivity contribution in [3.63, 3.8) is 0 Å². The predicted octanol–water partition coefficient (Wildman–Crippen LogP) is 3.65. The molecule has 0 radical (unpaired) electrons. The number of nitrogens with zero attached hydrogens (tertiary/aromatic N) is 3. The number of hydrogen-bond donors (Lipinski definition) is 2. The zero-order valence-electron chi connectivity index (χ0n) is 21.1. The minimum atomic E-state index is -0.538. The van der Waals surface area contributed by atoms with Crippen molar-refractivity contribution in [3.8, 4) is 0 Å². The number of carbonyl (C=O) groups excluding carboxylic acids is 3. The van der Waals surface area contributed by atoms with E-state index in [4.69, 9.17) is 4.74 Å². The molecule has 38 heavy (non-hydrogen) atoms. The Morgan fingerprint density at radius 3 is 2.87 bits per heavy atom. The smallest absolute Gasteiger partial charge is 0.327 e. The van der Waals surface area contributed by atoms with Gasteiger partial charge in [0.05, 0.1) is 17.4 Å². The van der Waals surface area contributed by atoms with Crippen LogP contribution in [0.5, 0.6) is 0 Å². The number of aromatic nitrogens is 1. The first-order valence-electron chi connectivity index (χ1n) is 13.2. The van der Waals surface area contributed by atoms with Gasteiger partial charge in [0.25, 0.3) is 0 Å².